The van der Waals surface area contributed by atoms with Crippen LogP contribution in [0.1, 0.15) is 24.0 Å². The fraction of sp³-hybridized carbons (Fsp3) is 0.273. The van der Waals surface area contributed by atoms with Crippen LogP contribution < -0.4 is 10.2 Å². The Labute approximate surface area is 164 Å². The van der Waals surface area contributed by atoms with Gasteiger partial charge in [-0.1, -0.05) is 24.3 Å². The van der Waals surface area contributed by atoms with E-state index in [9.17, 15) is 4.79 Å². The first-order valence-electron chi connectivity index (χ1n) is 9.58. The van der Waals surface area contributed by atoms with Gasteiger partial charge in [-0.25, -0.2) is 9.97 Å². The lowest BCUT2D eigenvalue weighted by Gasteiger charge is -2.32. The number of piperidine rings is 1. The third-order valence-corrected chi connectivity index (χ3v) is 5.15. The molecule has 3 heterocycles. The maximum absolute atomic E-state index is 12.8. The molecule has 1 fully saturated rings. The Bertz CT molecular complexity index is 908. The van der Waals surface area contributed by atoms with Gasteiger partial charge in [-0.05, 0) is 42.2 Å². The van der Waals surface area contributed by atoms with Crippen molar-refractivity contribution in [1.29, 1.82) is 0 Å². The summed E-state index contributed by atoms with van der Waals surface area (Å²) in [5, 5.41) is 3.15. The van der Waals surface area contributed by atoms with E-state index in [2.05, 4.69) is 37.3 Å². The van der Waals surface area contributed by atoms with Crippen molar-refractivity contribution >= 4 is 17.4 Å². The number of hydrogen-bond donors (Lipinski definition) is 1. The van der Waals surface area contributed by atoms with Crippen LogP contribution in [0.25, 0.3) is 0 Å². The molecule has 28 heavy (non-hydrogen) atoms. The SMILES string of the molecule is O=C(Nc1ccccc1Cc1cccnc1)C1CCN(c2ccncn2)CC1. The second kappa shape index (κ2) is 8.61. The van der Waals surface area contributed by atoms with Crippen molar-refractivity contribution in [3.05, 3.63) is 78.5 Å². The average Bonchev–Trinajstić information content (AvgIpc) is 2.76. The Balaban J connectivity index is 1.38. The summed E-state index contributed by atoms with van der Waals surface area (Å²) >= 11 is 0. The summed E-state index contributed by atoms with van der Waals surface area (Å²) in [6.45, 7) is 1.65. The molecule has 0 radical (unpaired) electrons. The topological polar surface area (TPSA) is 71.0 Å². The van der Waals surface area contributed by atoms with Crippen LogP contribution in [0.15, 0.2) is 67.4 Å². The summed E-state index contributed by atoms with van der Waals surface area (Å²) in [5.41, 5.74) is 3.11. The molecule has 4 rings (SSSR count). The van der Waals surface area contributed by atoms with Crippen molar-refractivity contribution in [1.82, 2.24) is 15.0 Å². The van der Waals surface area contributed by atoms with Gasteiger partial charge in [-0.2, -0.15) is 0 Å². The van der Waals surface area contributed by atoms with Crippen molar-refractivity contribution in [2.75, 3.05) is 23.3 Å². The van der Waals surface area contributed by atoms with E-state index in [0.29, 0.717) is 0 Å². The van der Waals surface area contributed by atoms with Gasteiger partial charge < -0.3 is 10.2 Å². The zero-order valence-electron chi connectivity index (χ0n) is 15.7. The van der Waals surface area contributed by atoms with Crippen molar-refractivity contribution < 1.29 is 4.79 Å². The number of hydrogen-bond acceptors (Lipinski definition) is 5. The van der Waals surface area contributed by atoms with E-state index >= 15 is 0 Å². The minimum atomic E-state index is 0.0181. The lowest BCUT2D eigenvalue weighted by Crippen LogP contribution is -2.38. The number of carbonyl (C=O) groups is 1. The average molecular weight is 373 g/mol. The second-order valence-corrected chi connectivity index (χ2v) is 7.01. The second-order valence-electron chi connectivity index (χ2n) is 7.01. The van der Waals surface area contributed by atoms with Crippen LogP contribution in [-0.2, 0) is 11.2 Å². The minimum Gasteiger partial charge on any atom is -0.356 e. The van der Waals surface area contributed by atoms with Crippen LogP contribution in [0.2, 0.25) is 0 Å². The number of amides is 1. The van der Waals surface area contributed by atoms with Crippen LogP contribution >= 0.6 is 0 Å². The summed E-state index contributed by atoms with van der Waals surface area (Å²) in [6, 6.07) is 13.9. The van der Waals surface area contributed by atoms with Crippen molar-refractivity contribution in [2.45, 2.75) is 19.3 Å². The molecule has 1 N–H and O–H groups in total. The molecule has 1 aliphatic heterocycles. The zero-order chi connectivity index (χ0) is 19.2. The lowest BCUT2D eigenvalue weighted by molar-refractivity contribution is -0.120. The molecule has 1 aliphatic rings. The number of nitrogens with zero attached hydrogens (tertiary/aromatic N) is 4. The molecule has 2 aromatic heterocycles. The maximum Gasteiger partial charge on any atom is 0.227 e. The summed E-state index contributed by atoms with van der Waals surface area (Å²) < 4.78 is 0. The highest BCUT2D eigenvalue weighted by molar-refractivity contribution is 5.93. The molecule has 1 amide bonds. The Hall–Kier alpha value is -3.28. The van der Waals surface area contributed by atoms with Gasteiger partial charge in [0, 0.05) is 49.7 Å². The first-order chi connectivity index (χ1) is 13.8. The summed E-state index contributed by atoms with van der Waals surface area (Å²) in [7, 11) is 0. The van der Waals surface area contributed by atoms with Crippen LogP contribution in [0, 0.1) is 5.92 Å². The van der Waals surface area contributed by atoms with Crippen LogP contribution in [0.4, 0.5) is 11.5 Å². The van der Waals surface area contributed by atoms with E-state index in [4.69, 9.17) is 0 Å². The molecule has 0 unspecified atom stereocenters. The molecule has 3 aromatic rings. The number of benzene rings is 1. The number of para-hydroxylation sites is 1. The lowest BCUT2D eigenvalue weighted by atomic mass is 9.95. The van der Waals surface area contributed by atoms with Crippen LogP contribution in [0.3, 0.4) is 0 Å². The number of anilines is 2. The number of aromatic nitrogens is 3. The molecule has 142 valence electrons. The number of rotatable bonds is 5. The smallest absolute Gasteiger partial charge is 0.227 e. The molecule has 6 heteroatoms. The largest absolute Gasteiger partial charge is 0.356 e. The summed E-state index contributed by atoms with van der Waals surface area (Å²) in [5.74, 6) is 1.04. The predicted molar refractivity (Wildman–Crippen MR) is 109 cm³/mol. The highest BCUT2D eigenvalue weighted by Crippen LogP contribution is 2.24. The fourth-order valence-corrected chi connectivity index (χ4v) is 3.60. The summed E-state index contributed by atoms with van der Waals surface area (Å²) in [4.78, 5) is 27.5. The molecule has 0 bridgehead atoms. The Morgan fingerprint density at radius 3 is 2.64 bits per heavy atom. The van der Waals surface area contributed by atoms with Gasteiger partial charge in [-0.3, -0.25) is 9.78 Å². The monoisotopic (exact) mass is 373 g/mol. The number of nitrogens with one attached hydrogen (secondary N) is 1. The van der Waals surface area contributed by atoms with E-state index in [1.165, 1.54) is 0 Å². The van der Waals surface area contributed by atoms with Gasteiger partial charge in [0.1, 0.15) is 12.1 Å². The van der Waals surface area contributed by atoms with E-state index in [1.54, 1.807) is 18.7 Å². The van der Waals surface area contributed by atoms with Crippen molar-refractivity contribution in [3.63, 3.8) is 0 Å². The van der Waals surface area contributed by atoms with E-state index in [-0.39, 0.29) is 11.8 Å². The molecule has 0 spiro atoms. The first kappa shape index (κ1) is 18.1. The molecule has 1 aromatic carbocycles. The van der Waals surface area contributed by atoms with Gasteiger partial charge in [0.15, 0.2) is 0 Å². The van der Waals surface area contributed by atoms with Gasteiger partial charge in [-0.15, -0.1) is 0 Å². The Kier molecular flexibility index (Phi) is 5.56. The van der Waals surface area contributed by atoms with Crippen LogP contribution in [-0.4, -0.2) is 33.9 Å². The first-order valence-corrected chi connectivity index (χ1v) is 9.58. The molecule has 6 nitrogen and oxygen atoms in total. The van der Waals surface area contributed by atoms with Gasteiger partial charge in [0.05, 0.1) is 0 Å². The van der Waals surface area contributed by atoms with Crippen molar-refractivity contribution in [2.24, 2.45) is 5.92 Å². The highest BCUT2D eigenvalue weighted by atomic mass is 16.1. The Morgan fingerprint density at radius 1 is 1.04 bits per heavy atom. The number of pyridine rings is 1. The van der Waals surface area contributed by atoms with E-state index < -0.39 is 0 Å². The normalized spacial score (nSPS) is 14.6. The molecule has 0 atom stereocenters. The predicted octanol–water partition coefficient (Wildman–Crippen LogP) is 3.32. The third-order valence-electron chi connectivity index (χ3n) is 5.15. The van der Waals surface area contributed by atoms with Gasteiger partial charge >= 0.3 is 0 Å². The number of carbonyl (C=O) groups excluding carboxylic acids is 1. The molecule has 1 saturated heterocycles. The third kappa shape index (κ3) is 4.34. The quantitative estimate of drug-likeness (QED) is 0.743. The van der Waals surface area contributed by atoms with E-state index in [1.807, 2.05) is 36.5 Å². The van der Waals surface area contributed by atoms with Gasteiger partial charge in [0.25, 0.3) is 0 Å². The molecular weight excluding hydrogens is 350 g/mol. The van der Waals surface area contributed by atoms with E-state index in [0.717, 1.165) is 55.0 Å². The van der Waals surface area contributed by atoms with Gasteiger partial charge in [0.2, 0.25) is 5.91 Å². The standard InChI is InChI=1S/C22H23N5O/c28-22(18-8-12-27(13-9-18)21-7-11-24-16-25-21)26-20-6-2-1-5-19(20)14-17-4-3-10-23-15-17/h1-7,10-11,15-16,18H,8-9,12-14H2,(H,26,28). The summed E-state index contributed by atoms with van der Waals surface area (Å²) in [6.07, 6.45) is 9.33. The van der Waals surface area contributed by atoms with Crippen molar-refractivity contribution in [3.8, 4) is 0 Å². The maximum atomic E-state index is 12.8. The minimum absolute atomic E-state index is 0.0181. The fourth-order valence-electron chi connectivity index (χ4n) is 3.60. The van der Waals surface area contributed by atoms with Crippen LogP contribution in [0.5, 0.6) is 0 Å². The molecule has 0 saturated carbocycles. The highest BCUT2D eigenvalue weighted by Gasteiger charge is 2.26. The molecule has 0 aliphatic carbocycles. The zero-order valence-corrected chi connectivity index (χ0v) is 15.7. The Morgan fingerprint density at radius 2 is 1.89 bits per heavy atom. The molecular formula is C22H23N5O.